The maximum atomic E-state index is 12.1. The fraction of sp³-hybridized carbons (Fsp3) is 0.375. The summed E-state index contributed by atoms with van der Waals surface area (Å²) >= 11 is 0. The van der Waals surface area contributed by atoms with Crippen molar-refractivity contribution in [3.8, 4) is 17.2 Å². The van der Waals surface area contributed by atoms with Gasteiger partial charge >= 0.3 is 11.9 Å². The smallest absolute Gasteiger partial charge is 0.330 e. The molecule has 118 valence electrons. The van der Waals surface area contributed by atoms with Crippen LogP contribution in [0.3, 0.4) is 0 Å². The summed E-state index contributed by atoms with van der Waals surface area (Å²) in [6.07, 6.45) is 2.70. The van der Waals surface area contributed by atoms with Crippen LogP contribution in [0.4, 0.5) is 0 Å². The number of fused-ring (bicyclic) bond motifs is 1. The summed E-state index contributed by atoms with van der Waals surface area (Å²) in [7, 11) is 1.28. The van der Waals surface area contributed by atoms with Gasteiger partial charge in [-0.3, -0.25) is 4.79 Å². The van der Waals surface area contributed by atoms with Gasteiger partial charge in [0.15, 0.2) is 11.5 Å². The number of hydrogen-bond donors (Lipinski definition) is 0. The summed E-state index contributed by atoms with van der Waals surface area (Å²) in [6.45, 7) is 5.34. The molecule has 1 aromatic rings. The largest absolute Gasteiger partial charge is 0.466 e. The first kappa shape index (κ1) is 15.9. The van der Waals surface area contributed by atoms with Crippen LogP contribution in [-0.2, 0) is 14.3 Å². The molecule has 6 heteroatoms. The summed E-state index contributed by atoms with van der Waals surface area (Å²) < 4.78 is 20.7. The van der Waals surface area contributed by atoms with Gasteiger partial charge in [0.25, 0.3) is 0 Å². The van der Waals surface area contributed by atoms with Gasteiger partial charge in [0, 0.05) is 6.08 Å². The molecule has 1 aromatic carbocycles. The number of carbonyl (C=O) groups is 2. The van der Waals surface area contributed by atoms with Crippen LogP contribution < -0.4 is 14.2 Å². The second-order valence-electron chi connectivity index (χ2n) is 5.71. The molecule has 2 rings (SSSR count). The van der Waals surface area contributed by atoms with Gasteiger partial charge in [-0.25, -0.2) is 4.79 Å². The SMILES string of the molecule is COC(=O)/C=C/c1c(OC(=O)C(C)(C)C)ccc2c1OCO2. The third kappa shape index (κ3) is 3.39. The fourth-order valence-corrected chi connectivity index (χ4v) is 1.70. The Balaban J connectivity index is 2.39. The molecule has 1 heterocycles. The number of esters is 2. The Kier molecular flexibility index (Phi) is 4.40. The average Bonchev–Trinajstić information content (AvgIpc) is 2.93. The first-order chi connectivity index (χ1) is 10.3. The lowest BCUT2D eigenvalue weighted by Crippen LogP contribution is -2.25. The maximum Gasteiger partial charge on any atom is 0.330 e. The van der Waals surface area contributed by atoms with Crippen molar-refractivity contribution in [2.45, 2.75) is 20.8 Å². The van der Waals surface area contributed by atoms with Crippen molar-refractivity contribution >= 4 is 18.0 Å². The summed E-state index contributed by atoms with van der Waals surface area (Å²) in [4.78, 5) is 23.4. The van der Waals surface area contributed by atoms with Gasteiger partial charge in [0.2, 0.25) is 6.79 Å². The molecule has 0 saturated carbocycles. The topological polar surface area (TPSA) is 71.1 Å². The van der Waals surface area contributed by atoms with E-state index in [1.807, 2.05) is 0 Å². The molecule has 0 bridgehead atoms. The zero-order valence-corrected chi connectivity index (χ0v) is 13.0. The molecule has 1 aliphatic rings. The molecular weight excluding hydrogens is 288 g/mol. The molecule has 22 heavy (non-hydrogen) atoms. The molecular formula is C16H18O6. The Morgan fingerprint density at radius 3 is 2.59 bits per heavy atom. The van der Waals surface area contributed by atoms with Crippen molar-refractivity contribution in [1.29, 1.82) is 0 Å². The predicted molar refractivity (Wildman–Crippen MR) is 78.7 cm³/mol. The molecule has 0 N–H and O–H groups in total. The van der Waals surface area contributed by atoms with Gasteiger partial charge in [-0.2, -0.15) is 0 Å². The second-order valence-corrected chi connectivity index (χ2v) is 5.71. The number of methoxy groups -OCH3 is 1. The molecule has 1 aliphatic heterocycles. The van der Waals surface area contributed by atoms with E-state index in [4.69, 9.17) is 14.2 Å². The van der Waals surface area contributed by atoms with E-state index in [1.54, 1.807) is 32.9 Å². The highest BCUT2D eigenvalue weighted by Crippen LogP contribution is 2.42. The Morgan fingerprint density at radius 1 is 1.23 bits per heavy atom. The number of benzene rings is 1. The van der Waals surface area contributed by atoms with E-state index in [1.165, 1.54) is 19.3 Å². The van der Waals surface area contributed by atoms with E-state index in [0.29, 0.717) is 22.8 Å². The highest BCUT2D eigenvalue weighted by Gasteiger charge is 2.27. The highest BCUT2D eigenvalue weighted by molar-refractivity contribution is 5.89. The Labute approximate surface area is 128 Å². The van der Waals surface area contributed by atoms with Crippen molar-refractivity contribution < 1.29 is 28.5 Å². The molecule has 0 aliphatic carbocycles. The first-order valence-corrected chi connectivity index (χ1v) is 6.74. The van der Waals surface area contributed by atoms with Gasteiger partial charge in [-0.05, 0) is 39.0 Å². The molecule has 0 amide bonds. The van der Waals surface area contributed by atoms with Crippen molar-refractivity contribution in [3.63, 3.8) is 0 Å². The number of hydrogen-bond acceptors (Lipinski definition) is 6. The lowest BCUT2D eigenvalue weighted by atomic mass is 9.97. The van der Waals surface area contributed by atoms with Gasteiger partial charge in [-0.15, -0.1) is 0 Å². The summed E-state index contributed by atoms with van der Waals surface area (Å²) in [5.41, 5.74) is -0.197. The minimum Gasteiger partial charge on any atom is -0.466 e. The molecule has 0 radical (unpaired) electrons. The van der Waals surface area contributed by atoms with E-state index in [-0.39, 0.29) is 12.8 Å². The summed E-state index contributed by atoms with van der Waals surface area (Å²) in [6, 6.07) is 3.26. The average molecular weight is 306 g/mol. The summed E-state index contributed by atoms with van der Waals surface area (Å²) in [5, 5.41) is 0. The predicted octanol–water partition coefficient (Wildman–Crippen LogP) is 2.55. The standard InChI is InChI=1S/C16H18O6/c1-16(2,3)15(18)22-11-6-7-12-14(21-9-20-12)10(11)5-8-13(17)19-4/h5-8H,9H2,1-4H3/b8-5+. The molecule has 0 atom stereocenters. The van der Waals surface area contributed by atoms with Crippen LogP contribution in [0.15, 0.2) is 18.2 Å². The number of rotatable bonds is 3. The van der Waals surface area contributed by atoms with E-state index in [2.05, 4.69) is 4.74 Å². The van der Waals surface area contributed by atoms with E-state index < -0.39 is 11.4 Å². The Hall–Kier alpha value is -2.50. The zero-order valence-electron chi connectivity index (χ0n) is 13.0. The van der Waals surface area contributed by atoms with Crippen LogP contribution in [0.5, 0.6) is 17.2 Å². The van der Waals surface area contributed by atoms with Crippen LogP contribution in [-0.4, -0.2) is 25.8 Å². The van der Waals surface area contributed by atoms with E-state index >= 15 is 0 Å². The van der Waals surface area contributed by atoms with Crippen LogP contribution in [0.1, 0.15) is 26.3 Å². The van der Waals surface area contributed by atoms with Crippen LogP contribution in [0, 0.1) is 5.41 Å². The van der Waals surface area contributed by atoms with Gasteiger partial charge < -0.3 is 18.9 Å². The lowest BCUT2D eigenvalue weighted by molar-refractivity contribution is -0.143. The summed E-state index contributed by atoms with van der Waals surface area (Å²) in [5.74, 6) is 0.340. The molecule has 0 spiro atoms. The van der Waals surface area contributed by atoms with Gasteiger partial charge in [0.1, 0.15) is 5.75 Å². The first-order valence-electron chi connectivity index (χ1n) is 6.74. The molecule has 0 aromatic heterocycles. The van der Waals surface area contributed by atoms with Gasteiger partial charge in [-0.1, -0.05) is 0 Å². The maximum absolute atomic E-state index is 12.1. The monoisotopic (exact) mass is 306 g/mol. The van der Waals surface area contributed by atoms with Crippen molar-refractivity contribution in [2.24, 2.45) is 5.41 Å². The third-order valence-electron chi connectivity index (χ3n) is 2.94. The van der Waals surface area contributed by atoms with Crippen LogP contribution >= 0.6 is 0 Å². The van der Waals surface area contributed by atoms with E-state index in [9.17, 15) is 9.59 Å². The Morgan fingerprint density at radius 2 is 1.95 bits per heavy atom. The van der Waals surface area contributed by atoms with Crippen molar-refractivity contribution in [3.05, 3.63) is 23.8 Å². The number of carbonyl (C=O) groups excluding carboxylic acids is 2. The van der Waals surface area contributed by atoms with Crippen molar-refractivity contribution in [1.82, 2.24) is 0 Å². The van der Waals surface area contributed by atoms with Crippen LogP contribution in [0.2, 0.25) is 0 Å². The molecule has 0 saturated heterocycles. The minimum absolute atomic E-state index is 0.0745. The molecule has 0 unspecified atom stereocenters. The van der Waals surface area contributed by atoms with E-state index in [0.717, 1.165) is 0 Å². The quantitative estimate of drug-likeness (QED) is 0.485. The van der Waals surface area contributed by atoms with Crippen LogP contribution in [0.25, 0.3) is 6.08 Å². The molecule has 6 nitrogen and oxygen atoms in total. The lowest BCUT2D eigenvalue weighted by Gasteiger charge is -2.17. The Bertz CT molecular complexity index is 624. The normalized spacial score (nSPS) is 13.3. The number of ether oxygens (including phenoxy) is 4. The van der Waals surface area contributed by atoms with Gasteiger partial charge in [0.05, 0.1) is 18.1 Å². The highest BCUT2D eigenvalue weighted by atomic mass is 16.7. The minimum atomic E-state index is -0.653. The fourth-order valence-electron chi connectivity index (χ4n) is 1.70. The van der Waals surface area contributed by atoms with Crippen molar-refractivity contribution in [2.75, 3.05) is 13.9 Å². The third-order valence-corrected chi connectivity index (χ3v) is 2.94. The zero-order chi connectivity index (χ0) is 16.3. The second kappa shape index (κ2) is 6.09. The molecule has 0 fully saturated rings.